The third-order valence-corrected chi connectivity index (χ3v) is 3.65. The number of benzene rings is 2. The highest BCUT2D eigenvalue weighted by Gasteiger charge is 2.14. The number of hydrogen-bond donors (Lipinski definition) is 1. The summed E-state index contributed by atoms with van der Waals surface area (Å²) < 4.78 is 5.45. The second-order valence-electron chi connectivity index (χ2n) is 5.21. The van der Waals surface area contributed by atoms with E-state index in [0.29, 0.717) is 10.7 Å². The minimum atomic E-state index is -0.418. The van der Waals surface area contributed by atoms with Crippen molar-refractivity contribution in [2.75, 3.05) is 5.32 Å². The molecule has 1 atom stereocenters. The Balaban J connectivity index is 2.01. The van der Waals surface area contributed by atoms with E-state index >= 15 is 0 Å². The van der Waals surface area contributed by atoms with E-state index in [0.717, 1.165) is 11.1 Å². The van der Waals surface area contributed by atoms with Crippen LogP contribution in [0.3, 0.4) is 0 Å². The summed E-state index contributed by atoms with van der Waals surface area (Å²) in [5.41, 5.74) is 2.21. The van der Waals surface area contributed by atoms with Crippen molar-refractivity contribution in [2.45, 2.75) is 26.4 Å². The molecule has 0 radical (unpaired) electrons. The van der Waals surface area contributed by atoms with Gasteiger partial charge >= 0.3 is 5.97 Å². The van der Waals surface area contributed by atoms with Crippen LogP contribution in [0.4, 0.5) is 5.69 Å². The van der Waals surface area contributed by atoms with Gasteiger partial charge in [0.2, 0.25) is 5.91 Å². The second kappa shape index (κ2) is 7.79. The summed E-state index contributed by atoms with van der Waals surface area (Å²) in [5.74, 6) is -0.499. The molecule has 0 aliphatic carbocycles. The first-order valence-corrected chi connectivity index (χ1v) is 7.64. The zero-order chi connectivity index (χ0) is 16.8. The topological polar surface area (TPSA) is 55.4 Å². The lowest BCUT2D eigenvalue weighted by Crippen LogP contribution is -2.12. The van der Waals surface area contributed by atoms with Crippen LogP contribution in [0.25, 0.3) is 0 Å². The molecule has 2 aromatic carbocycles. The fraction of sp³-hybridized carbons (Fsp3) is 0.222. The zero-order valence-electron chi connectivity index (χ0n) is 13.0. The number of amides is 1. The Bertz CT molecular complexity index is 715. The van der Waals surface area contributed by atoms with Crippen molar-refractivity contribution in [3.8, 4) is 0 Å². The molecular weight excluding hydrogens is 314 g/mol. The van der Waals surface area contributed by atoms with Gasteiger partial charge in [0, 0.05) is 17.6 Å². The minimum Gasteiger partial charge on any atom is -0.458 e. The van der Waals surface area contributed by atoms with Crippen LogP contribution in [0.5, 0.6) is 0 Å². The summed E-state index contributed by atoms with van der Waals surface area (Å²) in [5, 5.41) is 3.25. The lowest BCUT2D eigenvalue weighted by atomic mass is 10.1. The molecule has 0 spiro atoms. The molecule has 2 aromatic rings. The highest BCUT2D eigenvalue weighted by atomic mass is 35.5. The minimum absolute atomic E-state index is 0.120. The predicted molar refractivity (Wildman–Crippen MR) is 90.4 cm³/mol. The maximum atomic E-state index is 12.1. The number of esters is 1. The summed E-state index contributed by atoms with van der Waals surface area (Å²) in [6, 6.07) is 14.4. The summed E-state index contributed by atoms with van der Waals surface area (Å²) in [7, 11) is 0. The average molecular weight is 332 g/mol. The molecular formula is C18H18ClNO3. The normalized spacial score (nSPS) is 11.6. The molecule has 0 aliphatic rings. The molecule has 4 nitrogen and oxygen atoms in total. The number of carbonyl (C=O) groups excluding carboxylic acids is 2. The second-order valence-corrected chi connectivity index (χ2v) is 5.61. The Morgan fingerprint density at radius 2 is 1.91 bits per heavy atom. The summed E-state index contributed by atoms with van der Waals surface area (Å²) in [4.78, 5) is 23.2. The van der Waals surface area contributed by atoms with Crippen molar-refractivity contribution in [2.24, 2.45) is 0 Å². The van der Waals surface area contributed by atoms with Crippen molar-refractivity contribution in [3.63, 3.8) is 0 Å². The zero-order valence-corrected chi connectivity index (χ0v) is 13.8. The first-order chi connectivity index (χ1) is 11.0. The fourth-order valence-electron chi connectivity index (χ4n) is 2.18. The van der Waals surface area contributed by atoms with Gasteiger partial charge in [-0.1, -0.05) is 41.9 Å². The van der Waals surface area contributed by atoms with E-state index in [1.807, 2.05) is 18.2 Å². The molecule has 0 aromatic heterocycles. The van der Waals surface area contributed by atoms with Gasteiger partial charge in [-0.05, 0) is 36.2 Å². The van der Waals surface area contributed by atoms with Crippen LogP contribution >= 0.6 is 11.6 Å². The van der Waals surface area contributed by atoms with E-state index in [2.05, 4.69) is 5.32 Å². The largest absolute Gasteiger partial charge is 0.458 e. The fourth-order valence-corrected chi connectivity index (χ4v) is 2.38. The van der Waals surface area contributed by atoms with E-state index < -0.39 is 6.10 Å². The maximum Gasteiger partial charge on any atom is 0.310 e. The molecule has 0 saturated carbocycles. The number of anilines is 1. The van der Waals surface area contributed by atoms with Crippen LogP contribution in [-0.2, 0) is 20.7 Å². The first kappa shape index (κ1) is 17.0. The number of carbonyl (C=O) groups is 2. The van der Waals surface area contributed by atoms with Crippen LogP contribution in [0.1, 0.15) is 31.1 Å². The van der Waals surface area contributed by atoms with Gasteiger partial charge in [0.15, 0.2) is 0 Å². The van der Waals surface area contributed by atoms with Crippen LogP contribution < -0.4 is 5.32 Å². The monoisotopic (exact) mass is 331 g/mol. The van der Waals surface area contributed by atoms with E-state index in [4.69, 9.17) is 16.3 Å². The molecule has 2 rings (SSSR count). The van der Waals surface area contributed by atoms with Crippen molar-refractivity contribution in [1.29, 1.82) is 0 Å². The lowest BCUT2D eigenvalue weighted by molar-refractivity contribution is -0.147. The number of halogens is 1. The Kier molecular flexibility index (Phi) is 5.77. The van der Waals surface area contributed by atoms with Crippen LogP contribution in [-0.4, -0.2) is 11.9 Å². The molecule has 120 valence electrons. The molecule has 1 amide bonds. The average Bonchev–Trinajstić information content (AvgIpc) is 2.49. The smallest absolute Gasteiger partial charge is 0.310 e. The van der Waals surface area contributed by atoms with Gasteiger partial charge < -0.3 is 10.1 Å². The molecule has 0 aliphatic heterocycles. The van der Waals surface area contributed by atoms with Crippen LogP contribution in [0.2, 0.25) is 5.02 Å². The van der Waals surface area contributed by atoms with Gasteiger partial charge in [-0.15, -0.1) is 0 Å². The van der Waals surface area contributed by atoms with Crippen LogP contribution in [0, 0.1) is 0 Å². The molecule has 1 N–H and O–H groups in total. The van der Waals surface area contributed by atoms with Crippen molar-refractivity contribution >= 4 is 29.2 Å². The Morgan fingerprint density at radius 3 is 2.61 bits per heavy atom. The molecule has 5 heteroatoms. The SMILES string of the molecule is CC(=O)Nc1cccc([C@H](C)OC(=O)Cc2ccccc2Cl)c1. The quantitative estimate of drug-likeness (QED) is 0.837. The van der Waals surface area contributed by atoms with Gasteiger partial charge in [0.25, 0.3) is 0 Å². The molecule has 0 unspecified atom stereocenters. The van der Waals surface area contributed by atoms with Gasteiger partial charge in [0.05, 0.1) is 6.42 Å². The number of rotatable bonds is 5. The molecule has 23 heavy (non-hydrogen) atoms. The highest BCUT2D eigenvalue weighted by molar-refractivity contribution is 6.31. The summed E-state index contributed by atoms with van der Waals surface area (Å²) in [6.07, 6.45) is -0.297. The third kappa shape index (κ3) is 5.11. The standard InChI is InChI=1S/C18H18ClNO3/c1-12(14-7-5-8-16(10-14)20-13(2)21)23-18(22)11-15-6-3-4-9-17(15)19/h3-10,12H,11H2,1-2H3,(H,20,21)/t12-/m0/s1. The van der Waals surface area contributed by atoms with Crippen molar-refractivity contribution in [3.05, 3.63) is 64.7 Å². The predicted octanol–water partition coefficient (Wildman–Crippen LogP) is 4.15. The van der Waals surface area contributed by atoms with Gasteiger partial charge in [0.1, 0.15) is 6.10 Å². The number of ether oxygens (including phenoxy) is 1. The van der Waals surface area contributed by atoms with E-state index in [1.165, 1.54) is 6.92 Å². The number of hydrogen-bond acceptors (Lipinski definition) is 3. The first-order valence-electron chi connectivity index (χ1n) is 7.26. The molecule has 0 saturated heterocycles. The van der Waals surface area contributed by atoms with Gasteiger partial charge in [-0.3, -0.25) is 9.59 Å². The lowest BCUT2D eigenvalue weighted by Gasteiger charge is -2.15. The molecule has 0 heterocycles. The maximum absolute atomic E-state index is 12.1. The van der Waals surface area contributed by atoms with Gasteiger partial charge in [-0.2, -0.15) is 0 Å². The van der Waals surface area contributed by atoms with E-state index in [9.17, 15) is 9.59 Å². The van der Waals surface area contributed by atoms with Crippen molar-refractivity contribution in [1.82, 2.24) is 0 Å². The van der Waals surface area contributed by atoms with E-state index in [1.54, 1.807) is 37.3 Å². The highest BCUT2D eigenvalue weighted by Crippen LogP contribution is 2.22. The molecule has 0 fully saturated rings. The third-order valence-electron chi connectivity index (χ3n) is 3.28. The number of nitrogens with one attached hydrogen (secondary N) is 1. The van der Waals surface area contributed by atoms with E-state index in [-0.39, 0.29) is 18.3 Å². The summed E-state index contributed by atoms with van der Waals surface area (Å²) in [6.45, 7) is 3.23. The summed E-state index contributed by atoms with van der Waals surface area (Å²) >= 11 is 6.04. The van der Waals surface area contributed by atoms with Crippen LogP contribution in [0.15, 0.2) is 48.5 Å². The Hall–Kier alpha value is -2.33. The Morgan fingerprint density at radius 1 is 1.17 bits per heavy atom. The van der Waals surface area contributed by atoms with Gasteiger partial charge in [-0.25, -0.2) is 0 Å². The molecule has 0 bridgehead atoms. The van der Waals surface area contributed by atoms with Crippen molar-refractivity contribution < 1.29 is 14.3 Å². The Labute approximate surface area is 140 Å².